The zero-order chi connectivity index (χ0) is 11.4. The molecule has 0 amide bonds. The molecule has 1 rings (SSSR count). The number of benzene rings is 1. The van der Waals surface area contributed by atoms with Crippen LogP contribution in [-0.2, 0) is 11.2 Å². The molecule has 5 N–H and O–H groups in total. The van der Waals surface area contributed by atoms with Crippen molar-refractivity contribution >= 4 is 24.3 Å². The molecule has 1 atom stereocenters. The summed E-state index contributed by atoms with van der Waals surface area (Å²) < 4.78 is 0. The quantitative estimate of drug-likeness (QED) is 0.453. The molecule has 4 nitrogen and oxygen atoms in total. The highest BCUT2D eigenvalue weighted by atomic mass is 32.1. The predicted octanol–water partition coefficient (Wildman–Crippen LogP) is 0.902. The lowest BCUT2D eigenvalue weighted by Gasteiger charge is -2.07. The van der Waals surface area contributed by atoms with E-state index in [0.717, 1.165) is 5.56 Å². The van der Waals surface area contributed by atoms with E-state index >= 15 is 0 Å². The van der Waals surface area contributed by atoms with E-state index in [0.29, 0.717) is 23.4 Å². The van der Waals surface area contributed by atoms with Gasteiger partial charge in [-0.2, -0.15) is 0 Å². The maximum Gasteiger partial charge on any atom is 0.320 e. The summed E-state index contributed by atoms with van der Waals surface area (Å²) in [7, 11) is 0. The molecule has 1 aromatic carbocycles. The van der Waals surface area contributed by atoms with E-state index in [4.69, 9.17) is 16.6 Å². The van der Waals surface area contributed by atoms with Crippen LogP contribution in [0.2, 0.25) is 0 Å². The first-order chi connectivity index (χ1) is 7.00. The Labute approximate surface area is 93.7 Å². The van der Waals surface area contributed by atoms with Crippen LogP contribution in [0.4, 0.5) is 5.69 Å². The van der Waals surface area contributed by atoms with Gasteiger partial charge in [-0.1, -0.05) is 6.07 Å². The standard InChI is InChI=1S/C10H14N2O2S/c11-7-3-1-6(5-9(7)15)2-4-8(12)10(13)14/h1,3,5,8,15H,2,4,11-12H2,(H,13,14). The van der Waals surface area contributed by atoms with E-state index in [1.807, 2.05) is 12.1 Å². The summed E-state index contributed by atoms with van der Waals surface area (Å²) in [5, 5.41) is 8.60. The number of nitrogen functional groups attached to an aromatic ring is 1. The van der Waals surface area contributed by atoms with Crippen LogP contribution in [0.1, 0.15) is 12.0 Å². The molecule has 0 heterocycles. The summed E-state index contributed by atoms with van der Waals surface area (Å²) in [5.74, 6) is -0.975. The molecule has 5 heteroatoms. The van der Waals surface area contributed by atoms with E-state index < -0.39 is 12.0 Å². The Balaban J connectivity index is 2.58. The summed E-state index contributed by atoms with van der Waals surface area (Å²) >= 11 is 4.18. The Morgan fingerprint density at radius 2 is 2.20 bits per heavy atom. The molecule has 0 bridgehead atoms. The molecule has 0 aromatic heterocycles. The van der Waals surface area contributed by atoms with Gasteiger partial charge >= 0.3 is 5.97 Å². The van der Waals surface area contributed by atoms with E-state index in [-0.39, 0.29) is 0 Å². The van der Waals surface area contributed by atoms with Crippen LogP contribution < -0.4 is 11.5 Å². The van der Waals surface area contributed by atoms with E-state index in [9.17, 15) is 4.79 Å². The van der Waals surface area contributed by atoms with Crippen molar-refractivity contribution in [2.45, 2.75) is 23.8 Å². The van der Waals surface area contributed by atoms with Crippen LogP contribution in [0.25, 0.3) is 0 Å². The van der Waals surface area contributed by atoms with Gasteiger partial charge in [0.25, 0.3) is 0 Å². The second-order valence-corrected chi connectivity index (χ2v) is 3.86. The fraction of sp³-hybridized carbons (Fsp3) is 0.300. The number of hydrogen-bond acceptors (Lipinski definition) is 4. The van der Waals surface area contributed by atoms with Crippen molar-refractivity contribution in [3.8, 4) is 0 Å². The lowest BCUT2D eigenvalue weighted by molar-refractivity contribution is -0.138. The fourth-order valence-electron chi connectivity index (χ4n) is 1.19. The highest BCUT2D eigenvalue weighted by molar-refractivity contribution is 7.80. The van der Waals surface area contributed by atoms with Gasteiger partial charge in [-0.25, -0.2) is 0 Å². The Morgan fingerprint density at radius 1 is 1.53 bits per heavy atom. The summed E-state index contributed by atoms with van der Waals surface area (Å²) in [4.78, 5) is 11.2. The van der Waals surface area contributed by atoms with Crippen molar-refractivity contribution in [1.29, 1.82) is 0 Å². The minimum atomic E-state index is -0.975. The largest absolute Gasteiger partial charge is 0.480 e. The van der Waals surface area contributed by atoms with Gasteiger partial charge in [0, 0.05) is 10.6 Å². The number of nitrogens with two attached hydrogens (primary N) is 2. The number of aliphatic carboxylic acids is 1. The third-order valence-corrected chi connectivity index (χ3v) is 2.54. The molecule has 1 aromatic rings. The molecule has 82 valence electrons. The lowest BCUT2D eigenvalue weighted by atomic mass is 10.1. The van der Waals surface area contributed by atoms with E-state index in [1.54, 1.807) is 6.07 Å². The van der Waals surface area contributed by atoms with Crippen LogP contribution >= 0.6 is 12.6 Å². The molecule has 0 fully saturated rings. The molecule has 0 radical (unpaired) electrons. The molecule has 1 unspecified atom stereocenters. The van der Waals surface area contributed by atoms with Gasteiger partial charge in [0.1, 0.15) is 6.04 Å². The number of thiol groups is 1. The first-order valence-electron chi connectivity index (χ1n) is 4.56. The van der Waals surface area contributed by atoms with Gasteiger partial charge in [0.2, 0.25) is 0 Å². The minimum Gasteiger partial charge on any atom is -0.480 e. The molecular formula is C10H14N2O2S. The van der Waals surface area contributed by atoms with Crippen LogP contribution in [0, 0.1) is 0 Å². The Bertz CT molecular complexity index is 368. The van der Waals surface area contributed by atoms with Crippen LogP contribution in [-0.4, -0.2) is 17.1 Å². The normalized spacial score (nSPS) is 12.4. The smallest absolute Gasteiger partial charge is 0.320 e. The number of carboxylic acid groups (broad SMARTS) is 1. The number of carboxylic acids is 1. The van der Waals surface area contributed by atoms with Crippen LogP contribution in [0.3, 0.4) is 0 Å². The SMILES string of the molecule is Nc1ccc(CCC(N)C(=O)O)cc1S. The molecule has 0 spiro atoms. The van der Waals surface area contributed by atoms with Crippen molar-refractivity contribution in [1.82, 2.24) is 0 Å². The molecule has 0 saturated heterocycles. The number of anilines is 1. The van der Waals surface area contributed by atoms with Gasteiger partial charge in [0.15, 0.2) is 0 Å². The first-order valence-corrected chi connectivity index (χ1v) is 5.01. The number of rotatable bonds is 4. The number of hydrogen-bond donors (Lipinski definition) is 4. The van der Waals surface area contributed by atoms with Crippen molar-refractivity contribution in [3.63, 3.8) is 0 Å². The van der Waals surface area contributed by atoms with Crippen molar-refractivity contribution in [2.24, 2.45) is 5.73 Å². The Kier molecular flexibility index (Phi) is 3.99. The molecule has 0 aliphatic rings. The van der Waals surface area contributed by atoms with Gasteiger partial charge in [-0.3, -0.25) is 4.79 Å². The van der Waals surface area contributed by atoms with Gasteiger partial charge < -0.3 is 16.6 Å². The zero-order valence-electron chi connectivity index (χ0n) is 8.18. The topological polar surface area (TPSA) is 89.3 Å². The van der Waals surface area contributed by atoms with Crippen LogP contribution in [0.15, 0.2) is 23.1 Å². The lowest BCUT2D eigenvalue weighted by Crippen LogP contribution is -2.30. The van der Waals surface area contributed by atoms with E-state index in [2.05, 4.69) is 12.6 Å². The summed E-state index contributed by atoms with van der Waals surface area (Å²) in [6, 6.07) is 4.62. The minimum absolute atomic E-state index is 0.409. The maximum absolute atomic E-state index is 10.5. The van der Waals surface area contributed by atoms with Gasteiger partial charge in [-0.15, -0.1) is 12.6 Å². The van der Waals surface area contributed by atoms with Crippen LogP contribution in [0.5, 0.6) is 0 Å². The summed E-state index contributed by atoms with van der Waals surface area (Å²) in [5.41, 5.74) is 12.6. The second-order valence-electron chi connectivity index (χ2n) is 3.38. The monoisotopic (exact) mass is 226 g/mol. The molecule has 0 saturated carbocycles. The number of carbonyl (C=O) groups is 1. The van der Waals surface area contributed by atoms with Crippen molar-refractivity contribution < 1.29 is 9.90 Å². The average Bonchev–Trinajstić information content (AvgIpc) is 2.19. The third kappa shape index (κ3) is 3.45. The third-order valence-electron chi connectivity index (χ3n) is 2.16. The fourth-order valence-corrected chi connectivity index (χ4v) is 1.43. The van der Waals surface area contributed by atoms with Crippen molar-refractivity contribution in [2.75, 3.05) is 5.73 Å². The number of aryl methyl sites for hydroxylation is 1. The van der Waals surface area contributed by atoms with E-state index in [1.165, 1.54) is 0 Å². The van der Waals surface area contributed by atoms with Gasteiger partial charge in [-0.05, 0) is 30.5 Å². The molecule has 0 aliphatic carbocycles. The average molecular weight is 226 g/mol. The first kappa shape index (κ1) is 11.9. The highest BCUT2D eigenvalue weighted by Gasteiger charge is 2.10. The maximum atomic E-state index is 10.5. The summed E-state index contributed by atoms with van der Waals surface area (Å²) in [6.45, 7) is 0. The Hall–Kier alpha value is -1.20. The molecule has 0 aliphatic heterocycles. The van der Waals surface area contributed by atoms with Gasteiger partial charge in [0.05, 0.1) is 0 Å². The highest BCUT2D eigenvalue weighted by Crippen LogP contribution is 2.18. The van der Waals surface area contributed by atoms with Crippen molar-refractivity contribution in [3.05, 3.63) is 23.8 Å². The predicted molar refractivity (Wildman–Crippen MR) is 62.0 cm³/mol. The second kappa shape index (κ2) is 5.04. The zero-order valence-corrected chi connectivity index (χ0v) is 9.08. The summed E-state index contributed by atoms with van der Waals surface area (Å²) in [6.07, 6.45) is 1.02. The molecular weight excluding hydrogens is 212 g/mol. The molecule has 15 heavy (non-hydrogen) atoms. The Morgan fingerprint density at radius 3 is 2.73 bits per heavy atom.